The number of aromatic nitrogens is 4. The molecule has 0 radical (unpaired) electrons. The molecule has 0 spiro atoms. The van der Waals surface area contributed by atoms with Crippen molar-refractivity contribution in [3.05, 3.63) is 16.6 Å². The topological polar surface area (TPSA) is 84.8 Å². The predicted octanol–water partition coefficient (Wildman–Crippen LogP) is 1.47. The van der Waals surface area contributed by atoms with Gasteiger partial charge in [-0.3, -0.25) is 9.78 Å². The van der Waals surface area contributed by atoms with Gasteiger partial charge in [0.05, 0.1) is 17.8 Å². The molecule has 0 aromatic carbocycles. The molecule has 1 unspecified atom stereocenters. The lowest BCUT2D eigenvalue weighted by Gasteiger charge is -2.20. The number of nitrogens with zero attached hydrogens (tertiary/aromatic N) is 3. The SMILES string of the molecule is CC(C)(C)n1ncc2c(=O)[nH]c(NCC3CCCO3)nc21. The Kier molecular flexibility index (Phi) is 3.44. The summed E-state index contributed by atoms with van der Waals surface area (Å²) in [5.41, 5.74) is 0.195. The molecule has 2 N–H and O–H groups in total. The van der Waals surface area contributed by atoms with E-state index in [4.69, 9.17) is 4.74 Å². The van der Waals surface area contributed by atoms with Gasteiger partial charge in [-0.15, -0.1) is 0 Å². The Morgan fingerprint density at radius 3 is 3.00 bits per heavy atom. The zero-order chi connectivity index (χ0) is 15.0. The van der Waals surface area contributed by atoms with Gasteiger partial charge in [0.15, 0.2) is 5.65 Å². The number of hydrogen-bond donors (Lipinski definition) is 2. The first-order valence-corrected chi connectivity index (χ1v) is 7.29. The molecular weight excluding hydrogens is 270 g/mol. The molecule has 3 rings (SSSR count). The first-order chi connectivity index (χ1) is 9.95. The lowest BCUT2D eigenvalue weighted by atomic mass is 10.1. The van der Waals surface area contributed by atoms with Crippen LogP contribution in [0.3, 0.4) is 0 Å². The van der Waals surface area contributed by atoms with Crippen molar-refractivity contribution in [2.24, 2.45) is 0 Å². The van der Waals surface area contributed by atoms with Gasteiger partial charge < -0.3 is 10.1 Å². The second-order valence-corrected chi connectivity index (χ2v) is 6.39. The zero-order valence-corrected chi connectivity index (χ0v) is 12.6. The van der Waals surface area contributed by atoms with Crippen LogP contribution in [0, 0.1) is 0 Å². The lowest BCUT2D eigenvalue weighted by molar-refractivity contribution is 0.120. The zero-order valence-electron chi connectivity index (χ0n) is 12.6. The highest BCUT2D eigenvalue weighted by molar-refractivity contribution is 5.74. The fourth-order valence-electron chi connectivity index (χ4n) is 2.51. The summed E-state index contributed by atoms with van der Waals surface area (Å²) in [6.07, 6.45) is 3.89. The van der Waals surface area contributed by atoms with Crippen molar-refractivity contribution in [2.75, 3.05) is 18.5 Å². The standard InChI is InChI=1S/C14H21N5O2/c1-14(2,3)19-11-10(8-16-19)12(20)18-13(17-11)15-7-9-5-4-6-21-9/h8-9H,4-7H2,1-3H3,(H2,15,17,18,20). The monoisotopic (exact) mass is 291 g/mol. The third-order valence-electron chi connectivity index (χ3n) is 3.59. The molecule has 7 nitrogen and oxygen atoms in total. The minimum Gasteiger partial charge on any atom is -0.376 e. The van der Waals surface area contributed by atoms with Gasteiger partial charge in [-0.2, -0.15) is 10.1 Å². The summed E-state index contributed by atoms with van der Waals surface area (Å²) in [7, 11) is 0. The number of fused-ring (bicyclic) bond motifs is 1. The van der Waals surface area contributed by atoms with E-state index in [1.54, 1.807) is 10.9 Å². The van der Waals surface area contributed by atoms with Gasteiger partial charge in [-0.25, -0.2) is 4.68 Å². The molecule has 7 heteroatoms. The molecule has 2 aromatic rings. The quantitative estimate of drug-likeness (QED) is 0.894. The van der Waals surface area contributed by atoms with E-state index in [-0.39, 0.29) is 17.2 Å². The molecule has 0 saturated carbocycles. The van der Waals surface area contributed by atoms with Crippen LogP contribution in [0.25, 0.3) is 11.0 Å². The van der Waals surface area contributed by atoms with E-state index >= 15 is 0 Å². The van der Waals surface area contributed by atoms with Gasteiger partial charge in [0.2, 0.25) is 5.95 Å². The minimum absolute atomic E-state index is 0.176. The average Bonchev–Trinajstić information content (AvgIpc) is 3.04. The van der Waals surface area contributed by atoms with E-state index in [0.29, 0.717) is 23.5 Å². The third-order valence-corrected chi connectivity index (χ3v) is 3.59. The summed E-state index contributed by atoms with van der Waals surface area (Å²) in [6, 6.07) is 0. The Hall–Kier alpha value is -1.89. The summed E-state index contributed by atoms with van der Waals surface area (Å²) in [6.45, 7) is 7.55. The fraction of sp³-hybridized carbons (Fsp3) is 0.643. The number of nitrogens with one attached hydrogen (secondary N) is 2. The van der Waals surface area contributed by atoms with Crippen LogP contribution in [0.2, 0.25) is 0 Å². The van der Waals surface area contributed by atoms with Crippen molar-refractivity contribution in [3.63, 3.8) is 0 Å². The fourth-order valence-corrected chi connectivity index (χ4v) is 2.51. The highest BCUT2D eigenvalue weighted by atomic mass is 16.5. The number of hydrogen-bond acceptors (Lipinski definition) is 5. The first-order valence-electron chi connectivity index (χ1n) is 7.29. The number of ether oxygens (including phenoxy) is 1. The van der Waals surface area contributed by atoms with Gasteiger partial charge in [-0.1, -0.05) is 0 Å². The molecule has 1 atom stereocenters. The van der Waals surface area contributed by atoms with E-state index in [1.165, 1.54) is 0 Å². The predicted molar refractivity (Wildman–Crippen MR) is 80.6 cm³/mol. The Morgan fingerprint density at radius 1 is 1.52 bits per heavy atom. The Morgan fingerprint density at radius 2 is 2.33 bits per heavy atom. The minimum atomic E-state index is -0.228. The van der Waals surface area contributed by atoms with E-state index in [9.17, 15) is 4.79 Å². The van der Waals surface area contributed by atoms with E-state index < -0.39 is 0 Å². The van der Waals surface area contributed by atoms with E-state index in [2.05, 4.69) is 20.4 Å². The number of rotatable bonds is 3. The molecule has 2 aromatic heterocycles. The van der Waals surface area contributed by atoms with Crippen molar-refractivity contribution in [2.45, 2.75) is 45.3 Å². The van der Waals surface area contributed by atoms with Crippen LogP contribution >= 0.6 is 0 Å². The summed E-state index contributed by atoms with van der Waals surface area (Å²) < 4.78 is 7.33. The average molecular weight is 291 g/mol. The van der Waals surface area contributed by atoms with Crippen molar-refractivity contribution in [1.29, 1.82) is 0 Å². The third kappa shape index (κ3) is 2.78. The largest absolute Gasteiger partial charge is 0.376 e. The number of anilines is 1. The van der Waals surface area contributed by atoms with Crippen LogP contribution in [-0.4, -0.2) is 39.0 Å². The highest BCUT2D eigenvalue weighted by Crippen LogP contribution is 2.19. The van der Waals surface area contributed by atoms with Crippen LogP contribution in [0.4, 0.5) is 5.95 Å². The Bertz CT molecular complexity index is 691. The molecule has 1 fully saturated rings. The second kappa shape index (κ2) is 5.14. The maximum Gasteiger partial charge on any atom is 0.263 e. The highest BCUT2D eigenvalue weighted by Gasteiger charge is 2.20. The molecule has 0 amide bonds. The molecule has 0 bridgehead atoms. The molecule has 0 aliphatic carbocycles. The summed E-state index contributed by atoms with van der Waals surface area (Å²) in [5, 5.41) is 7.95. The van der Waals surface area contributed by atoms with Crippen molar-refractivity contribution < 1.29 is 4.74 Å². The maximum atomic E-state index is 12.1. The maximum absolute atomic E-state index is 12.1. The van der Waals surface area contributed by atoms with Crippen LogP contribution in [0.1, 0.15) is 33.6 Å². The van der Waals surface area contributed by atoms with Crippen molar-refractivity contribution >= 4 is 17.0 Å². The van der Waals surface area contributed by atoms with Crippen LogP contribution in [0.15, 0.2) is 11.0 Å². The molecular formula is C14H21N5O2. The van der Waals surface area contributed by atoms with Crippen LogP contribution in [0.5, 0.6) is 0 Å². The van der Waals surface area contributed by atoms with Gasteiger partial charge >= 0.3 is 0 Å². The van der Waals surface area contributed by atoms with Gasteiger partial charge in [0.25, 0.3) is 5.56 Å². The molecule has 21 heavy (non-hydrogen) atoms. The molecule has 1 saturated heterocycles. The van der Waals surface area contributed by atoms with E-state index in [0.717, 1.165) is 19.4 Å². The van der Waals surface area contributed by atoms with Gasteiger partial charge in [-0.05, 0) is 33.6 Å². The molecule has 1 aliphatic heterocycles. The van der Waals surface area contributed by atoms with Crippen LogP contribution in [-0.2, 0) is 10.3 Å². The molecule has 3 heterocycles. The van der Waals surface area contributed by atoms with E-state index in [1.807, 2.05) is 20.8 Å². The first kappa shape index (κ1) is 14.1. The normalized spacial score (nSPS) is 19.3. The number of aromatic amines is 1. The summed E-state index contributed by atoms with van der Waals surface area (Å²) >= 11 is 0. The number of H-pyrrole nitrogens is 1. The molecule has 1 aliphatic rings. The lowest BCUT2D eigenvalue weighted by Crippen LogP contribution is -2.25. The summed E-state index contributed by atoms with van der Waals surface area (Å²) in [5.74, 6) is 0.467. The smallest absolute Gasteiger partial charge is 0.263 e. The Labute approximate surface area is 122 Å². The summed E-state index contributed by atoms with van der Waals surface area (Å²) in [4.78, 5) is 19.4. The van der Waals surface area contributed by atoms with Crippen molar-refractivity contribution in [3.8, 4) is 0 Å². The van der Waals surface area contributed by atoms with Crippen molar-refractivity contribution in [1.82, 2.24) is 19.7 Å². The second-order valence-electron chi connectivity index (χ2n) is 6.39. The molecule has 114 valence electrons. The van der Waals surface area contributed by atoms with Gasteiger partial charge in [0.1, 0.15) is 5.39 Å². The van der Waals surface area contributed by atoms with Crippen LogP contribution < -0.4 is 10.9 Å². The van der Waals surface area contributed by atoms with Gasteiger partial charge in [0, 0.05) is 13.2 Å². The Balaban J connectivity index is 1.91.